The van der Waals surface area contributed by atoms with Crippen LogP contribution in [-0.2, 0) is 14.3 Å². The Bertz CT molecular complexity index is 223. The van der Waals surface area contributed by atoms with Gasteiger partial charge in [0.25, 0.3) is 0 Å². The minimum atomic E-state index is -0.869. The van der Waals surface area contributed by atoms with E-state index in [1.165, 1.54) is 0 Å². The Hall–Kier alpha value is -0.650. The van der Waals surface area contributed by atoms with Crippen LogP contribution in [0, 0.1) is 0 Å². The average Bonchev–Trinajstić information content (AvgIpc) is 2.31. The highest BCUT2D eigenvalue weighted by Crippen LogP contribution is 2.12. The summed E-state index contributed by atoms with van der Waals surface area (Å²) < 4.78 is 10.7. The van der Waals surface area contributed by atoms with Crippen molar-refractivity contribution in [3.63, 3.8) is 0 Å². The number of hydrogen-bond donors (Lipinski definition) is 2. The van der Waals surface area contributed by atoms with Crippen molar-refractivity contribution in [1.29, 1.82) is 0 Å². The Morgan fingerprint density at radius 2 is 2.18 bits per heavy atom. The quantitative estimate of drug-likeness (QED) is 0.569. The van der Waals surface area contributed by atoms with E-state index in [0.29, 0.717) is 32.7 Å². The van der Waals surface area contributed by atoms with Crippen molar-refractivity contribution in [2.24, 2.45) is 0 Å². The predicted octanol–water partition coefficient (Wildman–Crippen LogP) is 1.27. The van der Waals surface area contributed by atoms with Crippen LogP contribution in [0.3, 0.4) is 0 Å². The topological polar surface area (TPSA) is 67.8 Å². The van der Waals surface area contributed by atoms with Crippen LogP contribution in [0.2, 0.25) is 0 Å². The Morgan fingerprint density at radius 1 is 1.53 bits per heavy atom. The zero-order chi connectivity index (χ0) is 13.3. The third kappa shape index (κ3) is 6.61. The second-order valence-electron chi connectivity index (χ2n) is 4.33. The maximum atomic E-state index is 11.0. The molecule has 5 nitrogen and oxygen atoms in total. The van der Waals surface area contributed by atoms with E-state index in [9.17, 15) is 4.79 Å². The van der Waals surface area contributed by atoms with E-state index in [4.69, 9.17) is 14.6 Å². The maximum absolute atomic E-state index is 11.0. The van der Waals surface area contributed by atoms with E-state index >= 15 is 0 Å². The van der Waals surface area contributed by atoms with Crippen LogP contribution in [0.5, 0.6) is 0 Å². The minimum Gasteiger partial charge on any atom is -0.480 e. The molecule has 0 aromatic rings. The van der Waals surface area contributed by atoms with Gasteiger partial charge in [0.15, 0.2) is 0 Å². The first-order valence-corrected chi connectivity index (χ1v) is 6.08. The number of carbonyl (C=O) groups is 1. The highest BCUT2D eigenvalue weighted by atomic mass is 16.5. The first-order chi connectivity index (χ1) is 7.96. The lowest BCUT2D eigenvalue weighted by Gasteiger charge is -2.24. The SMILES string of the molecule is CCOCC(C)OCCCC(C)(NC)C(=O)O. The van der Waals surface area contributed by atoms with Crippen LogP contribution >= 0.6 is 0 Å². The van der Waals surface area contributed by atoms with Crippen molar-refractivity contribution in [3.8, 4) is 0 Å². The molecule has 0 saturated carbocycles. The van der Waals surface area contributed by atoms with Crippen LogP contribution < -0.4 is 5.32 Å². The Kier molecular flexibility index (Phi) is 8.12. The molecule has 2 N–H and O–H groups in total. The zero-order valence-electron chi connectivity index (χ0n) is 11.3. The molecule has 0 rings (SSSR count). The van der Waals surface area contributed by atoms with Gasteiger partial charge < -0.3 is 19.9 Å². The van der Waals surface area contributed by atoms with Gasteiger partial charge in [0.05, 0.1) is 12.7 Å². The van der Waals surface area contributed by atoms with E-state index in [1.807, 2.05) is 13.8 Å². The minimum absolute atomic E-state index is 0.0561. The number of carboxylic acid groups (broad SMARTS) is 1. The summed E-state index contributed by atoms with van der Waals surface area (Å²) in [7, 11) is 1.66. The lowest BCUT2D eigenvalue weighted by Crippen LogP contribution is -2.47. The normalized spacial score (nSPS) is 16.5. The summed E-state index contributed by atoms with van der Waals surface area (Å²) in [4.78, 5) is 11.0. The van der Waals surface area contributed by atoms with E-state index < -0.39 is 11.5 Å². The molecule has 2 unspecified atom stereocenters. The lowest BCUT2D eigenvalue weighted by atomic mass is 9.96. The molecule has 0 aliphatic carbocycles. The van der Waals surface area contributed by atoms with Gasteiger partial charge in [-0.2, -0.15) is 0 Å². The molecule has 0 spiro atoms. The Balaban J connectivity index is 3.72. The monoisotopic (exact) mass is 247 g/mol. The van der Waals surface area contributed by atoms with Crippen LogP contribution in [0.4, 0.5) is 0 Å². The van der Waals surface area contributed by atoms with Gasteiger partial charge in [-0.05, 0) is 40.7 Å². The lowest BCUT2D eigenvalue weighted by molar-refractivity contribution is -0.144. The summed E-state index contributed by atoms with van der Waals surface area (Å²) in [5.41, 5.74) is -0.869. The Labute approximate surface area is 103 Å². The fourth-order valence-electron chi connectivity index (χ4n) is 1.38. The standard InChI is InChI=1S/C12H25NO4/c1-5-16-9-10(2)17-8-6-7-12(3,13-4)11(14)15/h10,13H,5-9H2,1-4H3,(H,14,15). The smallest absolute Gasteiger partial charge is 0.323 e. The summed E-state index contributed by atoms with van der Waals surface area (Å²) in [6.07, 6.45) is 1.31. The van der Waals surface area contributed by atoms with Gasteiger partial charge >= 0.3 is 5.97 Å². The molecule has 0 aromatic carbocycles. The first kappa shape index (κ1) is 16.4. The van der Waals surface area contributed by atoms with Gasteiger partial charge in [-0.25, -0.2) is 0 Å². The fraction of sp³-hybridized carbons (Fsp3) is 0.917. The molecule has 0 aliphatic heterocycles. The molecular weight excluding hydrogens is 222 g/mol. The molecule has 0 bridgehead atoms. The molecule has 0 fully saturated rings. The highest BCUT2D eigenvalue weighted by molar-refractivity contribution is 5.78. The van der Waals surface area contributed by atoms with Gasteiger partial charge in [-0.3, -0.25) is 4.79 Å². The second-order valence-corrected chi connectivity index (χ2v) is 4.33. The molecule has 102 valence electrons. The van der Waals surface area contributed by atoms with Crippen molar-refractivity contribution in [2.75, 3.05) is 26.9 Å². The predicted molar refractivity (Wildman–Crippen MR) is 66.2 cm³/mol. The van der Waals surface area contributed by atoms with Crippen molar-refractivity contribution in [3.05, 3.63) is 0 Å². The molecular formula is C12H25NO4. The molecule has 0 amide bonds. The molecule has 2 atom stereocenters. The van der Waals surface area contributed by atoms with Gasteiger partial charge in [-0.1, -0.05) is 0 Å². The summed E-state index contributed by atoms with van der Waals surface area (Å²) in [6, 6.07) is 0. The maximum Gasteiger partial charge on any atom is 0.323 e. The molecule has 17 heavy (non-hydrogen) atoms. The first-order valence-electron chi connectivity index (χ1n) is 6.08. The molecule has 5 heteroatoms. The second kappa shape index (κ2) is 8.44. The zero-order valence-corrected chi connectivity index (χ0v) is 11.3. The van der Waals surface area contributed by atoms with E-state index in [1.54, 1.807) is 14.0 Å². The largest absolute Gasteiger partial charge is 0.480 e. The van der Waals surface area contributed by atoms with E-state index in [-0.39, 0.29) is 6.10 Å². The third-order valence-corrected chi connectivity index (χ3v) is 2.80. The van der Waals surface area contributed by atoms with E-state index in [0.717, 1.165) is 0 Å². The number of carboxylic acids is 1. The number of nitrogens with one attached hydrogen (secondary N) is 1. The molecule has 0 radical (unpaired) electrons. The van der Waals surface area contributed by atoms with Crippen LogP contribution in [0.15, 0.2) is 0 Å². The van der Waals surface area contributed by atoms with E-state index in [2.05, 4.69) is 5.32 Å². The summed E-state index contributed by atoms with van der Waals surface area (Å²) in [6.45, 7) is 7.39. The van der Waals surface area contributed by atoms with Crippen molar-refractivity contribution >= 4 is 5.97 Å². The van der Waals surface area contributed by atoms with Crippen molar-refractivity contribution < 1.29 is 19.4 Å². The van der Waals surface area contributed by atoms with Crippen LogP contribution in [-0.4, -0.2) is 49.6 Å². The summed E-state index contributed by atoms with van der Waals surface area (Å²) in [5, 5.41) is 11.9. The molecule has 0 aliphatic rings. The highest BCUT2D eigenvalue weighted by Gasteiger charge is 2.30. The van der Waals surface area contributed by atoms with Crippen LogP contribution in [0.1, 0.15) is 33.6 Å². The average molecular weight is 247 g/mol. The molecule has 0 heterocycles. The van der Waals surface area contributed by atoms with Gasteiger partial charge in [-0.15, -0.1) is 0 Å². The number of aliphatic carboxylic acids is 1. The van der Waals surface area contributed by atoms with Gasteiger partial charge in [0, 0.05) is 13.2 Å². The van der Waals surface area contributed by atoms with Crippen LogP contribution in [0.25, 0.3) is 0 Å². The number of rotatable bonds is 10. The molecule has 0 saturated heterocycles. The van der Waals surface area contributed by atoms with Crippen molar-refractivity contribution in [2.45, 2.75) is 45.3 Å². The fourth-order valence-corrected chi connectivity index (χ4v) is 1.38. The van der Waals surface area contributed by atoms with Gasteiger partial charge in [0.2, 0.25) is 0 Å². The third-order valence-electron chi connectivity index (χ3n) is 2.80. The Morgan fingerprint density at radius 3 is 2.65 bits per heavy atom. The number of ether oxygens (including phenoxy) is 2. The molecule has 0 aromatic heterocycles. The summed E-state index contributed by atoms with van der Waals surface area (Å²) >= 11 is 0. The van der Waals surface area contributed by atoms with Crippen molar-refractivity contribution in [1.82, 2.24) is 5.32 Å². The summed E-state index contributed by atoms with van der Waals surface area (Å²) in [5.74, 6) is -0.831. The van der Waals surface area contributed by atoms with Gasteiger partial charge in [0.1, 0.15) is 5.54 Å². The number of likely N-dealkylation sites (N-methyl/N-ethyl adjacent to an activating group) is 1. The number of hydrogen-bond acceptors (Lipinski definition) is 4.